The fourth-order valence-electron chi connectivity index (χ4n) is 6.54. The van der Waals surface area contributed by atoms with Crippen LogP contribution in [0.1, 0.15) is 24.0 Å². The minimum Gasteiger partial charge on any atom is -0.481 e. The summed E-state index contributed by atoms with van der Waals surface area (Å²) in [5.74, 6) is -1.30. The van der Waals surface area contributed by atoms with Gasteiger partial charge in [0.2, 0.25) is 26.0 Å². The van der Waals surface area contributed by atoms with Gasteiger partial charge in [0.25, 0.3) is 0 Å². The van der Waals surface area contributed by atoms with Crippen molar-refractivity contribution >= 4 is 102 Å². The lowest BCUT2D eigenvalue weighted by Gasteiger charge is -2.34. The third-order valence-corrected chi connectivity index (χ3v) is 16.5. The Morgan fingerprint density at radius 3 is 1.38 bits per heavy atom. The van der Waals surface area contributed by atoms with Crippen molar-refractivity contribution in [2.75, 3.05) is 103 Å². The lowest BCUT2D eigenvalue weighted by Crippen LogP contribution is -2.44. The second kappa shape index (κ2) is 26.9. The number of carboxylic acids is 1. The summed E-state index contributed by atoms with van der Waals surface area (Å²) < 4.78 is 51.7. The maximum Gasteiger partial charge on any atom is 0.304 e. The van der Waals surface area contributed by atoms with Crippen LogP contribution in [-0.4, -0.2) is 146 Å². The number of nitrogens with two attached hydrogens (primary N) is 1. The van der Waals surface area contributed by atoms with Crippen molar-refractivity contribution in [3.05, 3.63) is 116 Å². The van der Waals surface area contributed by atoms with Gasteiger partial charge in [0.15, 0.2) is 0 Å². The lowest BCUT2D eigenvalue weighted by atomic mass is 10.1. The molecule has 4 aromatic rings. The Morgan fingerprint density at radius 2 is 1.00 bits per heavy atom. The van der Waals surface area contributed by atoms with E-state index in [-0.39, 0.29) is 74.1 Å². The van der Waals surface area contributed by atoms with E-state index in [1.165, 1.54) is 67.4 Å². The molecule has 4 aromatic carbocycles. The van der Waals surface area contributed by atoms with Gasteiger partial charge in [0, 0.05) is 110 Å². The van der Waals surface area contributed by atoms with Crippen LogP contribution in [0.3, 0.4) is 0 Å². The average molecular weight is 1050 g/mol. The number of carbonyl (C=O) groups excluding carboxylic acids is 1. The van der Waals surface area contributed by atoms with Gasteiger partial charge in [0.05, 0.1) is 26.5 Å². The molecule has 0 atom stereocenters. The minimum atomic E-state index is -3.84. The number of carbonyl (C=O) groups is 2. The van der Waals surface area contributed by atoms with E-state index < -0.39 is 26.0 Å². The number of hydrogen-bond donors (Lipinski definition) is 3. The quantitative estimate of drug-likeness (QED) is 0.118. The summed E-state index contributed by atoms with van der Waals surface area (Å²) in [6.07, 6.45) is -0.249. The van der Waals surface area contributed by atoms with E-state index in [0.717, 1.165) is 66.5 Å². The number of hydrogen-bond acceptors (Lipinski definition) is 11. The number of nitrogens with one attached hydrogen (secondary N) is 1. The molecule has 1 amide bonds. The number of benzene rings is 4. The Kier molecular flexibility index (Phi) is 23.2. The van der Waals surface area contributed by atoms with Crippen molar-refractivity contribution < 1.29 is 31.5 Å². The summed E-state index contributed by atoms with van der Waals surface area (Å²) in [7, 11) is -0.675. The Bertz CT molecular complexity index is 2410. The monoisotopic (exact) mass is 1050 g/mol. The minimum absolute atomic E-state index is 0. The van der Waals surface area contributed by atoms with Gasteiger partial charge in [-0.05, 0) is 73.8 Å². The molecule has 6 rings (SSSR count). The van der Waals surface area contributed by atoms with E-state index in [1.54, 1.807) is 0 Å². The Balaban J connectivity index is 0.000000287. The largest absolute Gasteiger partial charge is 0.481 e. The van der Waals surface area contributed by atoms with E-state index in [9.17, 15) is 26.4 Å². The van der Waals surface area contributed by atoms with E-state index in [1.807, 2.05) is 12.1 Å². The SMILES string of the molecule is CN(CCC(=O)O)S(=O)(=O)c1cccc(Cl)c1Cl.CN1CCN(c2ccc(CN)cc2)CC1.CN1CCN(c2ccc(CNC(=O)CCN(C)S(=O)(=O)c3cccc(Cl)c3Cl)cc2)CC1.Cl. The fourth-order valence-corrected chi connectivity index (χ4v) is 10.3. The topological polar surface area (TPSA) is 180 Å². The molecule has 364 valence electrons. The molecular weight excluding hydrogens is 994 g/mol. The number of halogens is 5. The van der Waals surface area contributed by atoms with Crippen LogP contribution >= 0.6 is 58.8 Å². The summed E-state index contributed by atoms with van der Waals surface area (Å²) in [6.45, 7) is 9.55. The number of likely N-dealkylation sites (N-methyl/N-ethyl adjacent to an activating group) is 2. The molecule has 2 aliphatic rings. The summed E-state index contributed by atoms with van der Waals surface area (Å²) in [5.41, 5.74) is 10.3. The zero-order valence-corrected chi connectivity index (χ0v) is 42.8. The van der Waals surface area contributed by atoms with Crippen molar-refractivity contribution in [1.29, 1.82) is 0 Å². The van der Waals surface area contributed by atoms with E-state index in [0.29, 0.717) is 13.1 Å². The molecule has 22 heteroatoms. The lowest BCUT2D eigenvalue weighted by molar-refractivity contribution is -0.137. The highest BCUT2D eigenvalue weighted by Gasteiger charge is 2.26. The van der Waals surface area contributed by atoms with Crippen molar-refractivity contribution in [1.82, 2.24) is 23.7 Å². The maximum absolute atomic E-state index is 12.7. The maximum atomic E-state index is 12.7. The molecule has 0 bridgehead atoms. The van der Waals surface area contributed by atoms with Crippen LogP contribution in [0.4, 0.5) is 11.4 Å². The number of rotatable bonds is 15. The number of piperazine rings is 2. The van der Waals surface area contributed by atoms with Gasteiger partial charge in [-0.15, -0.1) is 12.4 Å². The van der Waals surface area contributed by atoms with Crippen molar-refractivity contribution in [2.24, 2.45) is 5.73 Å². The number of aliphatic carboxylic acids is 1. The molecule has 0 unspecified atom stereocenters. The highest BCUT2D eigenvalue weighted by molar-refractivity contribution is 7.89. The molecule has 0 aromatic heterocycles. The van der Waals surface area contributed by atoms with Crippen LogP contribution in [-0.2, 0) is 42.7 Å². The van der Waals surface area contributed by atoms with E-state index in [2.05, 4.69) is 75.4 Å². The molecule has 66 heavy (non-hydrogen) atoms. The third-order valence-electron chi connectivity index (χ3n) is 10.8. The van der Waals surface area contributed by atoms with Crippen LogP contribution < -0.4 is 20.9 Å². The Hall–Kier alpha value is -3.43. The molecule has 2 saturated heterocycles. The predicted molar refractivity (Wildman–Crippen MR) is 269 cm³/mol. The normalized spacial score (nSPS) is 14.7. The van der Waals surface area contributed by atoms with E-state index >= 15 is 0 Å². The molecule has 2 heterocycles. The molecule has 15 nitrogen and oxygen atoms in total. The second-order valence-corrected chi connectivity index (χ2v) is 21.1. The van der Waals surface area contributed by atoms with Gasteiger partial charge in [-0.25, -0.2) is 25.4 Å². The number of anilines is 2. The number of amides is 1. The second-order valence-electron chi connectivity index (χ2n) is 15.5. The molecule has 0 aliphatic carbocycles. The highest BCUT2D eigenvalue weighted by atomic mass is 35.5. The number of sulfonamides is 2. The first-order chi connectivity index (χ1) is 30.7. The molecule has 0 radical (unpaired) electrons. The predicted octanol–water partition coefficient (Wildman–Crippen LogP) is 6.48. The summed E-state index contributed by atoms with van der Waals surface area (Å²) in [4.78, 5) is 31.9. The van der Waals surface area contributed by atoms with E-state index in [4.69, 9.17) is 57.2 Å². The van der Waals surface area contributed by atoms with Crippen molar-refractivity contribution in [3.8, 4) is 0 Å². The molecule has 2 fully saturated rings. The van der Waals surface area contributed by atoms with Gasteiger partial charge in [0.1, 0.15) is 9.79 Å². The zero-order chi connectivity index (χ0) is 47.9. The Morgan fingerprint density at radius 1 is 0.621 bits per heavy atom. The van der Waals surface area contributed by atoms with Crippen LogP contribution in [0.2, 0.25) is 20.1 Å². The fraction of sp³-hybridized carbons (Fsp3) is 0.409. The zero-order valence-electron chi connectivity index (χ0n) is 37.4. The summed E-state index contributed by atoms with van der Waals surface area (Å²) >= 11 is 23.5. The van der Waals surface area contributed by atoms with Crippen LogP contribution in [0.15, 0.2) is 94.7 Å². The summed E-state index contributed by atoms with van der Waals surface area (Å²) in [5, 5.41) is 11.6. The van der Waals surface area contributed by atoms with Crippen molar-refractivity contribution in [2.45, 2.75) is 35.7 Å². The first-order valence-electron chi connectivity index (χ1n) is 20.8. The van der Waals surface area contributed by atoms with Gasteiger partial charge in [-0.1, -0.05) is 82.8 Å². The smallest absolute Gasteiger partial charge is 0.304 e. The van der Waals surface area contributed by atoms with Crippen LogP contribution in [0, 0.1) is 0 Å². The molecule has 0 saturated carbocycles. The first kappa shape index (κ1) is 56.9. The molecule has 0 spiro atoms. The highest BCUT2D eigenvalue weighted by Crippen LogP contribution is 2.32. The number of carboxylic acid groups (broad SMARTS) is 1. The van der Waals surface area contributed by atoms with Gasteiger partial charge < -0.3 is 35.8 Å². The number of nitrogens with zero attached hydrogens (tertiary/aromatic N) is 6. The van der Waals surface area contributed by atoms with Gasteiger partial charge in [-0.2, -0.15) is 0 Å². The van der Waals surface area contributed by atoms with Gasteiger partial charge >= 0.3 is 5.97 Å². The standard InChI is InChI=1S/C22H28Cl2N4O3S.C12H19N3.C10H11Cl2NO4S.ClH/c1-26-12-14-28(15-13-26)18-8-6-17(7-9-18)16-25-21(29)10-11-27(2)32(30,31)20-5-3-4-19(23)22(20)24;1-14-6-8-15(9-7-14)12-4-2-11(10-13)3-5-12;1-13(6-5-9(14)15)18(16,17)8-4-2-3-7(11)10(8)12;/h3-9H,10-16H2,1-2H3,(H,25,29);2-5H,6-10,13H2,1H3;2-4H,5-6H2,1H3,(H,14,15);1H. The molecule has 4 N–H and O–H groups in total. The molecular formula is C44H59Cl5N8O7S2. The average Bonchev–Trinajstić information content (AvgIpc) is 3.29. The molecule has 2 aliphatic heterocycles. The Labute approximate surface area is 415 Å². The third kappa shape index (κ3) is 16.7. The van der Waals surface area contributed by atoms with Gasteiger partial charge in [-0.3, -0.25) is 9.59 Å². The van der Waals surface area contributed by atoms with Crippen LogP contribution in [0.5, 0.6) is 0 Å². The summed E-state index contributed by atoms with van der Waals surface area (Å²) in [6, 6.07) is 25.4. The van der Waals surface area contributed by atoms with Crippen LogP contribution in [0.25, 0.3) is 0 Å². The van der Waals surface area contributed by atoms with Crippen molar-refractivity contribution in [3.63, 3.8) is 0 Å². The first-order valence-corrected chi connectivity index (χ1v) is 25.2.